The van der Waals surface area contributed by atoms with Gasteiger partial charge in [-0.3, -0.25) is 0 Å². The second-order valence-corrected chi connectivity index (χ2v) is 4.29. The highest BCUT2D eigenvalue weighted by molar-refractivity contribution is 4.64. The highest BCUT2D eigenvalue weighted by Gasteiger charge is 2.12. The van der Waals surface area contributed by atoms with Crippen molar-refractivity contribution < 1.29 is 9.84 Å². The van der Waals surface area contributed by atoms with E-state index in [1.54, 1.807) is 0 Å². The molecule has 1 fully saturated rings. The standard InChI is InChI=1S/C11H23NO2/c12-11(13)7-4-8-14-9-10-5-2-1-3-6-10/h10-11,13H,1-9,12H2. The molecule has 1 aliphatic rings. The van der Waals surface area contributed by atoms with Crippen LogP contribution in [0.3, 0.4) is 0 Å². The third-order valence-electron chi connectivity index (χ3n) is 2.87. The molecule has 3 nitrogen and oxygen atoms in total. The zero-order valence-electron chi connectivity index (χ0n) is 8.95. The fourth-order valence-electron chi connectivity index (χ4n) is 2.00. The molecule has 0 amide bonds. The third kappa shape index (κ3) is 5.58. The maximum Gasteiger partial charge on any atom is 0.102 e. The van der Waals surface area contributed by atoms with Crippen LogP contribution in [0.25, 0.3) is 0 Å². The summed E-state index contributed by atoms with van der Waals surface area (Å²) in [6, 6.07) is 0. The minimum atomic E-state index is -0.673. The predicted octanol–water partition coefficient (Wildman–Crippen LogP) is 1.64. The summed E-state index contributed by atoms with van der Waals surface area (Å²) in [7, 11) is 0. The van der Waals surface area contributed by atoms with Gasteiger partial charge in [0.1, 0.15) is 6.23 Å². The van der Waals surface area contributed by atoms with Gasteiger partial charge in [0.05, 0.1) is 0 Å². The van der Waals surface area contributed by atoms with Gasteiger partial charge in [0, 0.05) is 13.2 Å². The van der Waals surface area contributed by atoms with Gasteiger partial charge in [0.15, 0.2) is 0 Å². The van der Waals surface area contributed by atoms with Crippen LogP contribution in [-0.2, 0) is 4.74 Å². The molecule has 1 atom stereocenters. The first kappa shape index (κ1) is 12.0. The van der Waals surface area contributed by atoms with Crippen LogP contribution < -0.4 is 5.73 Å². The normalized spacial score (nSPS) is 21.0. The molecule has 0 bridgehead atoms. The SMILES string of the molecule is NC(O)CCCOCC1CCCCC1. The summed E-state index contributed by atoms with van der Waals surface area (Å²) >= 11 is 0. The lowest BCUT2D eigenvalue weighted by atomic mass is 9.90. The summed E-state index contributed by atoms with van der Waals surface area (Å²) in [5.74, 6) is 0.784. The van der Waals surface area contributed by atoms with Crippen LogP contribution in [-0.4, -0.2) is 24.5 Å². The number of ether oxygens (including phenoxy) is 1. The molecule has 84 valence electrons. The zero-order chi connectivity index (χ0) is 10.2. The van der Waals surface area contributed by atoms with Gasteiger partial charge in [-0.2, -0.15) is 0 Å². The van der Waals surface area contributed by atoms with Crippen molar-refractivity contribution in [2.24, 2.45) is 11.7 Å². The summed E-state index contributed by atoms with van der Waals surface area (Å²) in [4.78, 5) is 0. The van der Waals surface area contributed by atoms with Crippen molar-refractivity contribution >= 4 is 0 Å². The average molecular weight is 201 g/mol. The van der Waals surface area contributed by atoms with E-state index >= 15 is 0 Å². The maximum absolute atomic E-state index is 8.82. The molecule has 0 saturated heterocycles. The Morgan fingerprint density at radius 1 is 1.29 bits per heavy atom. The Kier molecular flexibility index (Phi) is 6.15. The highest BCUT2D eigenvalue weighted by atomic mass is 16.5. The maximum atomic E-state index is 8.82. The van der Waals surface area contributed by atoms with Gasteiger partial charge in [-0.15, -0.1) is 0 Å². The molecular formula is C11H23NO2. The topological polar surface area (TPSA) is 55.5 Å². The summed E-state index contributed by atoms with van der Waals surface area (Å²) in [6.45, 7) is 1.64. The second kappa shape index (κ2) is 7.21. The van der Waals surface area contributed by atoms with Crippen LogP contribution in [0.15, 0.2) is 0 Å². The van der Waals surface area contributed by atoms with Crippen molar-refractivity contribution in [1.29, 1.82) is 0 Å². The number of hydrogen-bond acceptors (Lipinski definition) is 3. The van der Waals surface area contributed by atoms with E-state index in [-0.39, 0.29) is 0 Å². The predicted molar refractivity (Wildman–Crippen MR) is 56.8 cm³/mol. The van der Waals surface area contributed by atoms with Gasteiger partial charge in [-0.1, -0.05) is 19.3 Å². The van der Waals surface area contributed by atoms with E-state index in [9.17, 15) is 0 Å². The van der Waals surface area contributed by atoms with E-state index in [0.717, 1.165) is 25.6 Å². The summed E-state index contributed by atoms with van der Waals surface area (Å²) in [5.41, 5.74) is 5.22. The summed E-state index contributed by atoms with van der Waals surface area (Å²) < 4.78 is 5.56. The first-order valence-electron chi connectivity index (χ1n) is 5.80. The van der Waals surface area contributed by atoms with Gasteiger partial charge in [-0.05, 0) is 31.6 Å². The van der Waals surface area contributed by atoms with Gasteiger partial charge >= 0.3 is 0 Å². The van der Waals surface area contributed by atoms with E-state index in [1.165, 1.54) is 32.1 Å². The van der Waals surface area contributed by atoms with Crippen LogP contribution in [0.5, 0.6) is 0 Å². The lowest BCUT2D eigenvalue weighted by Gasteiger charge is -2.21. The molecule has 1 rings (SSSR count). The van der Waals surface area contributed by atoms with Gasteiger partial charge < -0.3 is 15.6 Å². The fraction of sp³-hybridized carbons (Fsp3) is 1.00. The van der Waals surface area contributed by atoms with E-state index in [1.807, 2.05) is 0 Å². The zero-order valence-corrected chi connectivity index (χ0v) is 8.95. The quantitative estimate of drug-likeness (QED) is 0.507. The average Bonchev–Trinajstić information content (AvgIpc) is 2.18. The lowest BCUT2D eigenvalue weighted by Crippen LogP contribution is -2.19. The number of aliphatic hydroxyl groups excluding tert-OH is 1. The molecule has 3 heteroatoms. The summed E-state index contributed by atoms with van der Waals surface area (Å²) in [6.07, 6.45) is 7.64. The van der Waals surface area contributed by atoms with Crippen LogP contribution in [0.4, 0.5) is 0 Å². The molecule has 0 aliphatic heterocycles. The Balaban J connectivity index is 1.87. The Morgan fingerprint density at radius 2 is 2.00 bits per heavy atom. The summed E-state index contributed by atoms with van der Waals surface area (Å²) in [5, 5.41) is 8.82. The monoisotopic (exact) mass is 201 g/mol. The van der Waals surface area contributed by atoms with Crippen LogP contribution in [0, 0.1) is 5.92 Å². The van der Waals surface area contributed by atoms with Gasteiger partial charge in [0.25, 0.3) is 0 Å². The largest absolute Gasteiger partial charge is 0.381 e. The molecule has 1 unspecified atom stereocenters. The van der Waals surface area contributed by atoms with Crippen molar-refractivity contribution in [3.63, 3.8) is 0 Å². The van der Waals surface area contributed by atoms with E-state index in [2.05, 4.69) is 0 Å². The number of aliphatic hydroxyl groups is 1. The molecular weight excluding hydrogens is 178 g/mol. The Bertz CT molecular complexity index is 133. The Hall–Kier alpha value is -0.120. The molecule has 1 saturated carbocycles. The second-order valence-electron chi connectivity index (χ2n) is 4.29. The molecule has 14 heavy (non-hydrogen) atoms. The molecule has 3 N–H and O–H groups in total. The van der Waals surface area contributed by atoms with Crippen molar-refractivity contribution in [3.8, 4) is 0 Å². The minimum absolute atomic E-state index is 0.644. The third-order valence-corrected chi connectivity index (χ3v) is 2.87. The number of hydrogen-bond donors (Lipinski definition) is 2. The van der Waals surface area contributed by atoms with Gasteiger partial charge in [0.2, 0.25) is 0 Å². The first-order valence-corrected chi connectivity index (χ1v) is 5.80. The smallest absolute Gasteiger partial charge is 0.102 e. The van der Waals surface area contributed by atoms with Crippen molar-refractivity contribution in [3.05, 3.63) is 0 Å². The minimum Gasteiger partial charge on any atom is -0.381 e. The molecule has 0 spiro atoms. The van der Waals surface area contributed by atoms with Crippen molar-refractivity contribution in [1.82, 2.24) is 0 Å². The molecule has 1 aliphatic carbocycles. The highest BCUT2D eigenvalue weighted by Crippen LogP contribution is 2.23. The van der Waals surface area contributed by atoms with Crippen LogP contribution in [0.1, 0.15) is 44.9 Å². The number of rotatable bonds is 6. The molecule has 0 heterocycles. The molecule has 0 aromatic carbocycles. The van der Waals surface area contributed by atoms with Crippen molar-refractivity contribution in [2.75, 3.05) is 13.2 Å². The molecule has 0 aromatic rings. The molecule has 0 radical (unpaired) electrons. The van der Waals surface area contributed by atoms with E-state index < -0.39 is 6.23 Å². The van der Waals surface area contributed by atoms with Gasteiger partial charge in [-0.25, -0.2) is 0 Å². The Labute approximate surface area is 86.6 Å². The molecule has 0 aromatic heterocycles. The van der Waals surface area contributed by atoms with Crippen LogP contribution >= 0.6 is 0 Å². The van der Waals surface area contributed by atoms with Crippen LogP contribution in [0.2, 0.25) is 0 Å². The Morgan fingerprint density at radius 3 is 2.64 bits per heavy atom. The number of nitrogens with two attached hydrogens (primary N) is 1. The first-order chi connectivity index (χ1) is 6.79. The van der Waals surface area contributed by atoms with Crippen molar-refractivity contribution in [2.45, 2.75) is 51.2 Å². The van der Waals surface area contributed by atoms with E-state index in [0.29, 0.717) is 6.42 Å². The fourth-order valence-corrected chi connectivity index (χ4v) is 2.00. The lowest BCUT2D eigenvalue weighted by molar-refractivity contribution is 0.0730. The van der Waals surface area contributed by atoms with E-state index in [4.69, 9.17) is 15.6 Å².